The molecule has 1 N–H and O–H groups in total. The molecule has 0 bridgehead atoms. The van der Waals surface area contributed by atoms with Crippen LogP contribution in [0.4, 0.5) is 0 Å². The van der Waals surface area contributed by atoms with Crippen molar-refractivity contribution in [3.8, 4) is 5.75 Å². The SMILES string of the molecule is CC(C)(C)NCCCCc1ccc2c(c1)C(C)(C)CO2. The summed E-state index contributed by atoms with van der Waals surface area (Å²) in [6, 6.07) is 6.71. The van der Waals surface area contributed by atoms with Gasteiger partial charge in [0.15, 0.2) is 0 Å². The average Bonchev–Trinajstić information content (AvgIpc) is 2.64. The molecular formula is C18H29NO. The van der Waals surface area contributed by atoms with Crippen molar-refractivity contribution in [2.75, 3.05) is 13.2 Å². The molecule has 1 aromatic carbocycles. The van der Waals surface area contributed by atoms with Crippen LogP contribution in [0.2, 0.25) is 0 Å². The molecule has 112 valence electrons. The van der Waals surface area contributed by atoms with Crippen LogP contribution in [0.5, 0.6) is 5.75 Å². The molecule has 0 aromatic heterocycles. The lowest BCUT2D eigenvalue weighted by molar-refractivity contribution is 0.291. The number of fused-ring (bicyclic) bond motifs is 1. The first-order chi connectivity index (χ1) is 9.28. The number of unbranched alkanes of at least 4 members (excludes halogenated alkanes) is 1. The van der Waals surface area contributed by atoms with Crippen LogP contribution in [0.25, 0.3) is 0 Å². The summed E-state index contributed by atoms with van der Waals surface area (Å²) in [4.78, 5) is 0. The first kappa shape index (κ1) is 15.4. The average molecular weight is 275 g/mol. The van der Waals surface area contributed by atoms with E-state index < -0.39 is 0 Å². The molecule has 0 radical (unpaired) electrons. The normalized spacial score (nSPS) is 16.9. The second-order valence-corrected chi connectivity index (χ2v) is 7.64. The zero-order valence-electron chi connectivity index (χ0n) is 13.7. The zero-order chi connectivity index (χ0) is 14.8. The summed E-state index contributed by atoms with van der Waals surface area (Å²) in [7, 11) is 0. The van der Waals surface area contributed by atoms with Gasteiger partial charge in [0.2, 0.25) is 0 Å². The monoisotopic (exact) mass is 275 g/mol. The molecule has 0 spiro atoms. The van der Waals surface area contributed by atoms with Gasteiger partial charge in [0.05, 0.1) is 6.61 Å². The third kappa shape index (κ3) is 3.99. The molecule has 0 atom stereocenters. The van der Waals surface area contributed by atoms with E-state index >= 15 is 0 Å². The molecule has 0 aliphatic carbocycles. The number of hydrogen-bond acceptors (Lipinski definition) is 2. The summed E-state index contributed by atoms with van der Waals surface area (Å²) >= 11 is 0. The second-order valence-electron chi connectivity index (χ2n) is 7.64. The Morgan fingerprint density at radius 3 is 2.65 bits per heavy atom. The highest BCUT2D eigenvalue weighted by Gasteiger charge is 2.31. The Bertz CT molecular complexity index is 457. The highest BCUT2D eigenvalue weighted by Crippen LogP contribution is 2.38. The van der Waals surface area contributed by atoms with Crippen LogP contribution in [0.15, 0.2) is 18.2 Å². The molecule has 0 amide bonds. The molecule has 1 aliphatic rings. The van der Waals surface area contributed by atoms with Crippen LogP contribution in [0, 0.1) is 0 Å². The number of rotatable bonds is 5. The molecule has 1 aromatic rings. The minimum Gasteiger partial charge on any atom is -0.492 e. The topological polar surface area (TPSA) is 21.3 Å². The van der Waals surface area contributed by atoms with E-state index in [4.69, 9.17) is 4.74 Å². The van der Waals surface area contributed by atoms with Crippen LogP contribution >= 0.6 is 0 Å². The lowest BCUT2D eigenvalue weighted by Crippen LogP contribution is -2.36. The lowest BCUT2D eigenvalue weighted by atomic mass is 9.86. The summed E-state index contributed by atoms with van der Waals surface area (Å²) in [6.07, 6.45) is 3.63. The lowest BCUT2D eigenvalue weighted by Gasteiger charge is -2.20. The van der Waals surface area contributed by atoms with Gasteiger partial charge in [0.1, 0.15) is 5.75 Å². The van der Waals surface area contributed by atoms with E-state index in [0.717, 1.165) is 25.3 Å². The maximum atomic E-state index is 5.74. The van der Waals surface area contributed by atoms with Crippen molar-refractivity contribution in [3.63, 3.8) is 0 Å². The quantitative estimate of drug-likeness (QED) is 0.818. The van der Waals surface area contributed by atoms with Crippen LogP contribution in [-0.2, 0) is 11.8 Å². The van der Waals surface area contributed by atoms with Gasteiger partial charge in [-0.05, 0) is 58.2 Å². The Kier molecular flexibility index (Phi) is 4.43. The van der Waals surface area contributed by atoms with Gasteiger partial charge in [-0.15, -0.1) is 0 Å². The van der Waals surface area contributed by atoms with Crippen LogP contribution in [0.3, 0.4) is 0 Å². The number of hydrogen-bond donors (Lipinski definition) is 1. The Labute approximate surface area is 123 Å². The molecule has 0 saturated carbocycles. The Morgan fingerprint density at radius 1 is 1.20 bits per heavy atom. The number of ether oxygens (including phenoxy) is 1. The molecule has 1 heterocycles. The minimum atomic E-state index is 0.166. The summed E-state index contributed by atoms with van der Waals surface area (Å²) in [5, 5.41) is 3.54. The summed E-state index contributed by atoms with van der Waals surface area (Å²) < 4.78 is 5.74. The van der Waals surface area contributed by atoms with Crippen LogP contribution in [0.1, 0.15) is 58.6 Å². The molecule has 2 nitrogen and oxygen atoms in total. The van der Waals surface area contributed by atoms with Crippen molar-refractivity contribution in [2.24, 2.45) is 0 Å². The first-order valence-corrected chi connectivity index (χ1v) is 7.79. The van der Waals surface area contributed by atoms with Gasteiger partial charge in [-0.2, -0.15) is 0 Å². The molecular weight excluding hydrogens is 246 g/mol. The summed E-state index contributed by atoms with van der Waals surface area (Å²) in [5.74, 6) is 1.08. The maximum absolute atomic E-state index is 5.74. The molecule has 2 rings (SSSR count). The summed E-state index contributed by atoms with van der Waals surface area (Å²) in [6.45, 7) is 13.1. The molecule has 0 saturated heterocycles. The molecule has 20 heavy (non-hydrogen) atoms. The van der Waals surface area contributed by atoms with E-state index in [9.17, 15) is 0 Å². The molecule has 2 heteroatoms. The van der Waals surface area contributed by atoms with Crippen molar-refractivity contribution in [3.05, 3.63) is 29.3 Å². The van der Waals surface area contributed by atoms with Gasteiger partial charge >= 0.3 is 0 Å². The van der Waals surface area contributed by atoms with Crippen molar-refractivity contribution in [1.29, 1.82) is 0 Å². The molecule has 0 unspecified atom stereocenters. The Balaban J connectivity index is 1.83. The largest absolute Gasteiger partial charge is 0.492 e. The molecule has 1 aliphatic heterocycles. The van der Waals surface area contributed by atoms with Gasteiger partial charge in [0.25, 0.3) is 0 Å². The predicted molar refractivity (Wildman–Crippen MR) is 85.7 cm³/mol. The Morgan fingerprint density at radius 2 is 1.95 bits per heavy atom. The Hall–Kier alpha value is -1.02. The van der Waals surface area contributed by atoms with Crippen molar-refractivity contribution >= 4 is 0 Å². The zero-order valence-corrected chi connectivity index (χ0v) is 13.7. The standard InChI is InChI=1S/C18H29NO/c1-17(2,3)19-11-7-6-8-14-9-10-16-15(12-14)18(4,5)13-20-16/h9-10,12,19H,6-8,11,13H2,1-5H3. The fourth-order valence-electron chi connectivity index (χ4n) is 2.64. The van der Waals surface area contributed by atoms with Gasteiger partial charge in [0, 0.05) is 16.5 Å². The summed E-state index contributed by atoms with van der Waals surface area (Å²) in [5.41, 5.74) is 3.22. The number of aryl methyl sites for hydroxylation is 1. The smallest absolute Gasteiger partial charge is 0.123 e. The van der Waals surface area contributed by atoms with Crippen molar-refractivity contribution in [1.82, 2.24) is 5.32 Å². The fourth-order valence-corrected chi connectivity index (χ4v) is 2.64. The van der Waals surface area contributed by atoms with E-state index in [1.165, 1.54) is 24.0 Å². The second kappa shape index (κ2) is 5.77. The number of benzene rings is 1. The third-order valence-corrected chi connectivity index (χ3v) is 3.91. The first-order valence-electron chi connectivity index (χ1n) is 7.79. The predicted octanol–water partition coefficient (Wildman–Crippen LogP) is 4.07. The number of nitrogens with one attached hydrogen (secondary N) is 1. The van der Waals surface area contributed by atoms with Crippen LogP contribution in [-0.4, -0.2) is 18.7 Å². The van der Waals surface area contributed by atoms with Gasteiger partial charge in [-0.3, -0.25) is 0 Å². The third-order valence-electron chi connectivity index (χ3n) is 3.91. The fraction of sp³-hybridized carbons (Fsp3) is 0.667. The van der Waals surface area contributed by atoms with Crippen LogP contribution < -0.4 is 10.1 Å². The van der Waals surface area contributed by atoms with E-state index in [-0.39, 0.29) is 11.0 Å². The van der Waals surface area contributed by atoms with Crippen molar-refractivity contribution < 1.29 is 4.74 Å². The van der Waals surface area contributed by atoms with Gasteiger partial charge in [-0.25, -0.2) is 0 Å². The van der Waals surface area contributed by atoms with E-state index in [2.05, 4.69) is 58.1 Å². The highest BCUT2D eigenvalue weighted by atomic mass is 16.5. The van der Waals surface area contributed by atoms with E-state index in [0.29, 0.717) is 0 Å². The van der Waals surface area contributed by atoms with Crippen molar-refractivity contribution in [2.45, 2.75) is 64.8 Å². The maximum Gasteiger partial charge on any atom is 0.123 e. The highest BCUT2D eigenvalue weighted by molar-refractivity contribution is 5.45. The minimum absolute atomic E-state index is 0.166. The van der Waals surface area contributed by atoms with E-state index in [1.807, 2.05) is 0 Å². The molecule has 0 fully saturated rings. The van der Waals surface area contributed by atoms with Gasteiger partial charge < -0.3 is 10.1 Å². The van der Waals surface area contributed by atoms with Gasteiger partial charge in [-0.1, -0.05) is 26.0 Å². The van der Waals surface area contributed by atoms with E-state index in [1.54, 1.807) is 0 Å².